The minimum Gasteiger partial charge on any atom is -0.371 e. The first-order chi connectivity index (χ1) is 9.34. The van der Waals surface area contributed by atoms with Crippen LogP contribution in [-0.4, -0.2) is 18.9 Å². The van der Waals surface area contributed by atoms with Crippen LogP contribution in [0.15, 0.2) is 54.6 Å². The van der Waals surface area contributed by atoms with Gasteiger partial charge in [0.1, 0.15) is 0 Å². The molecule has 1 aliphatic heterocycles. The van der Waals surface area contributed by atoms with E-state index in [0.29, 0.717) is 6.42 Å². The number of ketones is 1. The lowest BCUT2D eigenvalue weighted by Gasteiger charge is -2.18. The molecule has 19 heavy (non-hydrogen) atoms. The number of carbonyl (C=O) groups excluding carboxylic acids is 1. The summed E-state index contributed by atoms with van der Waals surface area (Å²) < 4.78 is 0. The van der Waals surface area contributed by atoms with Crippen molar-refractivity contribution in [1.82, 2.24) is 0 Å². The molecule has 1 aliphatic rings. The molecule has 2 heteroatoms. The standard InChI is InChI=1S/C17H17NO/c19-17(15-7-2-1-3-8-15)11-13-18-12-10-14-6-4-5-9-16(14)18/h1-9H,10-13H2. The summed E-state index contributed by atoms with van der Waals surface area (Å²) in [6.07, 6.45) is 1.67. The van der Waals surface area contributed by atoms with Gasteiger partial charge in [0, 0.05) is 30.8 Å². The summed E-state index contributed by atoms with van der Waals surface area (Å²) in [4.78, 5) is 14.4. The van der Waals surface area contributed by atoms with Crippen LogP contribution < -0.4 is 4.90 Å². The van der Waals surface area contributed by atoms with Crippen molar-refractivity contribution in [2.75, 3.05) is 18.0 Å². The van der Waals surface area contributed by atoms with Gasteiger partial charge in [-0.15, -0.1) is 0 Å². The SMILES string of the molecule is O=C(CCN1CCc2ccccc21)c1ccccc1. The van der Waals surface area contributed by atoms with Crippen LogP contribution in [0.25, 0.3) is 0 Å². The fourth-order valence-electron chi connectivity index (χ4n) is 2.64. The molecule has 0 radical (unpaired) electrons. The molecule has 1 heterocycles. The van der Waals surface area contributed by atoms with E-state index >= 15 is 0 Å². The van der Waals surface area contributed by atoms with Gasteiger partial charge in [-0.05, 0) is 18.1 Å². The van der Waals surface area contributed by atoms with E-state index in [1.165, 1.54) is 11.3 Å². The lowest BCUT2D eigenvalue weighted by molar-refractivity contribution is 0.0984. The molecule has 0 saturated heterocycles. The maximum absolute atomic E-state index is 12.1. The molecular weight excluding hydrogens is 234 g/mol. The fraction of sp³-hybridized carbons (Fsp3) is 0.235. The summed E-state index contributed by atoms with van der Waals surface area (Å²) in [6.45, 7) is 1.84. The van der Waals surface area contributed by atoms with Crippen LogP contribution in [0.4, 0.5) is 5.69 Å². The van der Waals surface area contributed by atoms with Crippen molar-refractivity contribution < 1.29 is 4.79 Å². The number of anilines is 1. The zero-order chi connectivity index (χ0) is 13.1. The van der Waals surface area contributed by atoms with Gasteiger partial charge in [0.25, 0.3) is 0 Å². The summed E-state index contributed by atoms with van der Waals surface area (Å²) in [5.74, 6) is 0.227. The quantitative estimate of drug-likeness (QED) is 0.777. The van der Waals surface area contributed by atoms with Crippen LogP contribution in [0.1, 0.15) is 22.3 Å². The fourth-order valence-corrected chi connectivity index (χ4v) is 2.64. The molecule has 0 bridgehead atoms. The van der Waals surface area contributed by atoms with Gasteiger partial charge in [0.05, 0.1) is 0 Å². The largest absolute Gasteiger partial charge is 0.371 e. The summed E-state index contributed by atoms with van der Waals surface area (Å²) >= 11 is 0. The highest BCUT2D eigenvalue weighted by Gasteiger charge is 2.18. The Morgan fingerprint density at radius 1 is 1.00 bits per heavy atom. The number of rotatable bonds is 4. The molecule has 0 spiro atoms. The van der Waals surface area contributed by atoms with E-state index in [4.69, 9.17) is 0 Å². The number of hydrogen-bond acceptors (Lipinski definition) is 2. The average molecular weight is 251 g/mol. The second-order valence-corrected chi connectivity index (χ2v) is 4.90. The van der Waals surface area contributed by atoms with E-state index in [9.17, 15) is 4.79 Å². The highest BCUT2D eigenvalue weighted by Crippen LogP contribution is 2.27. The first-order valence-corrected chi connectivity index (χ1v) is 6.76. The van der Waals surface area contributed by atoms with Crippen molar-refractivity contribution in [3.8, 4) is 0 Å². The Balaban J connectivity index is 1.64. The molecule has 0 unspecified atom stereocenters. The van der Waals surface area contributed by atoms with Gasteiger partial charge >= 0.3 is 0 Å². The van der Waals surface area contributed by atoms with Gasteiger partial charge in [0.15, 0.2) is 5.78 Å². The maximum Gasteiger partial charge on any atom is 0.164 e. The van der Waals surface area contributed by atoms with Crippen LogP contribution in [0.3, 0.4) is 0 Å². The average Bonchev–Trinajstić information content (AvgIpc) is 2.89. The number of hydrogen-bond donors (Lipinski definition) is 0. The van der Waals surface area contributed by atoms with Crippen molar-refractivity contribution in [2.24, 2.45) is 0 Å². The van der Waals surface area contributed by atoms with Gasteiger partial charge in [0.2, 0.25) is 0 Å². The Hall–Kier alpha value is -2.09. The van der Waals surface area contributed by atoms with Crippen LogP contribution in [0, 0.1) is 0 Å². The molecule has 0 amide bonds. The molecule has 96 valence electrons. The number of benzene rings is 2. The van der Waals surface area contributed by atoms with Gasteiger partial charge < -0.3 is 4.90 Å². The van der Waals surface area contributed by atoms with E-state index in [1.807, 2.05) is 30.3 Å². The molecule has 2 aromatic carbocycles. The van der Waals surface area contributed by atoms with Gasteiger partial charge in [-0.25, -0.2) is 0 Å². The molecular formula is C17H17NO. The summed E-state index contributed by atoms with van der Waals surface area (Å²) in [7, 11) is 0. The van der Waals surface area contributed by atoms with E-state index < -0.39 is 0 Å². The molecule has 0 saturated carbocycles. The second-order valence-electron chi connectivity index (χ2n) is 4.90. The third kappa shape index (κ3) is 2.53. The molecule has 2 nitrogen and oxygen atoms in total. The number of nitrogens with zero attached hydrogens (tertiary/aromatic N) is 1. The van der Waals surface area contributed by atoms with E-state index in [-0.39, 0.29) is 5.78 Å². The molecule has 0 fully saturated rings. The summed E-state index contributed by atoms with van der Waals surface area (Å²) in [6, 6.07) is 18.0. The zero-order valence-electron chi connectivity index (χ0n) is 10.9. The van der Waals surface area contributed by atoms with E-state index in [2.05, 4.69) is 29.2 Å². The van der Waals surface area contributed by atoms with Crippen molar-refractivity contribution in [3.05, 3.63) is 65.7 Å². The molecule has 0 atom stereocenters. The molecule has 3 rings (SSSR count). The molecule has 0 N–H and O–H groups in total. The molecule has 0 aliphatic carbocycles. The van der Waals surface area contributed by atoms with E-state index in [1.54, 1.807) is 0 Å². The Bertz CT molecular complexity index is 577. The van der Waals surface area contributed by atoms with Crippen LogP contribution >= 0.6 is 0 Å². The monoisotopic (exact) mass is 251 g/mol. The van der Waals surface area contributed by atoms with Crippen molar-refractivity contribution in [3.63, 3.8) is 0 Å². The van der Waals surface area contributed by atoms with Gasteiger partial charge in [-0.1, -0.05) is 48.5 Å². The predicted molar refractivity (Wildman–Crippen MR) is 77.7 cm³/mol. The number of Topliss-reactive ketones (excluding diaryl/α,β-unsaturated/α-hetero) is 1. The minimum atomic E-state index is 0.227. The van der Waals surface area contributed by atoms with Crippen molar-refractivity contribution >= 4 is 11.5 Å². The highest BCUT2D eigenvalue weighted by atomic mass is 16.1. The zero-order valence-corrected chi connectivity index (χ0v) is 10.9. The topological polar surface area (TPSA) is 20.3 Å². The van der Waals surface area contributed by atoms with Gasteiger partial charge in [-0.2, -0.15) is 0 Å². The Morgan fingerprint density at radius 2 is 1.74 bits per heavy atom. The predicted octanol–water partition coefficient (Wildman–Crippen LogP) is 3.32. The van der Waals surface area contributed by atoms with Crippen LogP contribution in [0.2, 0.25) is 0 Å². The maximum atomic E-state index is 12.1. The Morgan fingerprint density at radius 3 is 2.58 bits per heavy atom. The Labute approximate surface area is 113 Å². The van der Waals surface area contributed by atoms with Crippen molar-refractivity contribution in [2.45, 2.75) is 12.8 Å². The second kappa shape index (κ2) is 5.27. The first kappa shape index (κ1) is 12.0. The van der Waals surface area contributed by atoms with Crippen LogP contribution in [0.5, 0.6) is 0 Å². The first-order valence-electron chi connectivity index (χ1n) is 6.76. The molecule has 0 aromatic heterocycles. The summed E-state index contributed by atoms with van der Waals surface area (Å²) in [5.41, 5.74) is 3.51. The highest BCUT2D eigenvalue weighted by molar-refractivity contribution is 5.96. The minimum absolute atomic E-state index is 0.227. The van der Waals surface area contributed by atoms with Gasteiger partial charge in [-0.3, -0.25) is 4.79 Å². The van der Waals surface area contributed by atoms with E-state index in [0.717, 1.165) is 25.1 Å². The smallest absolute Gasteiger partial charge is 0.164 e. The lowest BCUT2D eigenvalue weighted by Crippen LogP contribution is -2.23. The lowest BCUT2D eigenvalue weighted by atomic mass is 10.1. The number of fused-ring (bicyclic) bond motifs is 1. The Kier molecular flexibility index (Phi) is 3.32. The number of carbonyl (C=O) groups is 1. The third-order valence-corrected chi connectivity index (χ3v) is 3.69. The summed E-state index contributed by atoms with van der Waals surface area (Å²) in [5, 5.41) is 0. The van der Waals surface area contributed by atoms with Crippen LogP contribution in [-0.2, 0) is 6.42 Å². The molecule has 2 aromatic rings. The van der Waals surface area contributed by atoms with Crippen molar-refractivity contribution in [1.29, 1.82) is 0 Å². The third-order valence-electron chi connectivity index (χ3n) is 3.69. The normalized spacial score (nSPS) is 13.4. The number of para-hydroxylation sites is 1.